The second-order valence-corrected chi connectivity index (χ2v) is 6.73. The lowest BCUT2D eigenvalue weighted by atomic mass is 10.1. The van der Waals surface area contributed by atoms with Crippen molar-refractivity contribution in [2.45, 2.75) is 26.7 Å². The van der Waals surface area contributed by atoms with Crippen molar-refractivity contribution in [1.29, 1.82) is 0 Å². The number of aryl methyl sites for hydroxylation is 2. The van der Waals surface area contributed by atoms with Gasteiger partial charge in [0.15, 0.2) is 0 Å². The number of hydrogen-bond acceptors (Lipinski definition) is 5. The van der Waals surface area contributed by atoms with Gasteiger partial charge in [0.1, 0.15) is 10.8 Å². The summed E-state index contributed by atoms with van der Waals surface area (Å²) in [5.41, 5.74) is 3.51. The summed E-state index contributed by atoms with van der Waals surface area (Å²) in [6.07, 6.45) is 0.474. The second kappa shape index (κ2) is 6.88. The molecule has 0 amide bonds. The fourth-order valence-electron chi connectivity index (χ4n) is 2.57. The summed E-state index contributed by atoms with van der Waals surface area (Å²) in [4.78, 5) is 25.5. The van der Waals surface area contributed by atoms with Gasteiger partial charge in [0, 0.05) is 21.8 Å². The monoisotopic (exact) mass is 339 g/mol. The van der Waals surface area contributed by atoms with Crippen LogP contribution in [0.2, 0.25) is 0 Å². The number of thiazole rings is 1. The van der Waals surface area contributed by atoms with E-state index in [0.717, 1.165) is 32.5 Å². The zero-order chi connectivity index (χ0) is 17.1. The molecule has 1 N–H and O–H groups in total. The fraction of sp³-hybridized carbons (Fsp3) is 0.222. The van der Waals surface area contributed by atoms with Gasteiger partial charge in [0.2, 0.25) is 0 Å². The highest BCUT2D eigenvalue weighted by molar-refractivity contribution is 7.12. The molecule has 3 aromatic rings. The average Bonchev–Trinajstić information content (AvgIpc) is 2.88. The average molecular weight is 339 g/mol. The molecular weight excluding hydrogens is 322 g/mol. The molecule has 0 saturated heterocycles. The van der Waals surface area contributed by atoms with E-state index >= 15 is 0 Å². The summed E-state index contributed by atoms with van der Waals surface area (Å²) < 4.78 is 0. The topological polar surface area (TPSA) is 76.0 Å². The van der Waals surface area contributed by atoms with Crippen molar-refractivity contribution in [2.24, 2.45) is 0 Å². The van der Waals surface area contributed by atoms with E-state index in [9.17, 15) is 4.79 Å². The summed E-state index contributed by atoms with van der Waals surface area (Å²) in [7, 11) is 0. The van der Waals surface area contributed by atoms with Crippen LogP contribution in [-0.2, 0) is 17.6 Å². The third-order valence-corrected chi connectivity index (χ3v) is 4.49. The molecule has 0 atom stereocenters. The number of aliphatic carboxylic acids is 1. The Hall–Kier alpha value is -2.60. The van der Waals surface area contributed by atoms with Gasteiger partial charge in [0.05, 0.1) is 18.5 Å². The van der Waals surface area contributed by atoms with Crippen LogP contribution >= 0.6 is 11.3 Å². The summed E-state index contributed by atoms with van der Waals surface area (Å²) in [5.74, 6) is -0.146. The second-order valence-electron chi connectivity index (χ2n) is 5.56. The van der Waals surface area contributed by atoms with E-state index in [4.69, 9.17) is 5.11 Å². The molecule has 3 rings (SSSR count). The minimum absolute atomic E-state index is 0.0321. The van der Waals surface area contributed by atoms with E-state index in [1.54, 1.807) is 0 Å². The highest BCUT2D eigenvalue weighted by Gasteiger charge is 2.16. The number of carboxylic acids is 1. The van der Waals surface area contributed by atoms with Crippen molar-refractivity contribution in [1.82, 2.24) is 15.0 Å². The highest BCUT2D eigenvalue weighted by atomic mass is 32.1. The summed E-state index contributed by atoms with van der Waals surface area (Å²) in [6.45, 7) is 3.87. The van der Waals surface area contributed by atoms with Gasteiger partial charge >= 0.3 is 5.97 Å². The Kier molecular flexibility index (Phi) is 4.66. The number of hydrogen-bond donors (Lipinski definition) is 1. The molecule has 122 valence electrons. The molecule has 24 heavy (non-hydrogen) atoms. The van der Waals surface area contributed by atoms with Crippen molar-refractivity contribution in [3.8, 4) is 11.3 Å². The lowest BCUT2D eigenvalue weighted by molar-refractivity contribution is -0.136. The molecule has 0 radical (unpaired) electrons. The number of carboxylic acid groups (broad SMARTS) is 1. The van der Waals surface area contributed by atoms with E-state index in [-0.39, 0.29) is 6.42 Å². The number of nitrogens with zero attached hydrogens (tertiary/aromatic N) is 3. The number of rotatable bonds is 5. The molecule has 0 saturated carbocycles. The van der Waals surface area contributed by atoms with E-state index in [1.165, 1.54) is 11.3 Å². The minimum Gasteiger partial charge on any atom is -0.481 e. The van der Waals surface area contributed by atoms with Crippen LogP contribution in [0.15, 0.2) is 36.4 Å². The maximum atomic E-state index is 11.2. The smallest absolute Gasteiger partial charge is 0.308 e. The first-order valence-electron chi connectivity index (χ1n) is 7.58. The van der Waals surface area contributed by atoms with E-state index in [1.807, 2.05) is 50.2 Å². The van der Waals surface area contributed by atoms with Crippen LogP contribution < -0.4 is 0 Å². The molecule has 1 aromatic carbocycles. The molecule has 0 unspecified atom stereocenters. The molecule has 0 aliphatic heterocycles. The van der Waals surface area contributed by atoms with Crippen molar-refractivity contribution < 1.29 is 9.90 Å². The molecule has 6 heteroatoms. The van der Waals surface area contributed by atoms with E-state index in [0.29, 0.717) is 12.2 Å². The van der Waals surface area contributed by atoms with Gasteiger partial charge in [-0.15, -0.1) is 11.3 Å². The molecule has 0 bridgehead atoms. The largest absolute Gasteiger partial charge is 0.481 e. The van der Waals surface area contributed by atoms with Crippen LogP contribution in [0.4, 0.5) is 0 Å². The minimum atomic E-state index is -0.856. The molecule has 2 aromatic heterocycles. The van der Waals surface area contributed by atoms with Crippen LogP contribution in [0.5, 0.6) is 0 Å². The lowest BCUT2D eigenvalue weighted by Crippen LogP contribution is -1.99. The molecule has 2 heterocycles. The third-order valence-electron chi connectivity index (χ3n) is 3.44. The number of benzene rings is 1. The van der Waals surface area contributed by atoms with Gasteiger partial charge in [-0.05, 0) is 19.9 Å². The normalized spacial score (nSPS) is 10.8. The van der Waals surface area contributed by atoms with E-state index in [2.05, 4.69) is 15.0 Å². The van der Waals surface area contributed by atoms with Crippen molar-refractivity contribution in [2.75, 3.05) is 0 Å². The van der Waals surface area contributed by atoms with Crippen molar-refractivity contribution in [3.05, 3.63) is 63.5 Å². The highest BCUT2D eigenvalue weighted by Crippen LogP contribution is 2.29. The van der Waals surface area contributed by atoms with E-state index < -0.39 is 5.97 Å². The van der Waals surface area contributed by atoms with Crippen LogP contribution in [0, 0.1) is 13.8 Å². The maximum absolute atomic E-state index is 11.2. The standard InChI is InChI=1S/C18H17N3O2S/c1-11-8-12(2)20-15(19-11)10-16-21-18(13-6-4-3-5-7-13)14(24-16)9-17(22)23/h3-8H,9-10H2,1-2H3,(H,22,23). The van der Waals surface area contributed by atoms with Gasteiger partial charge < -0.3 is 5.11 Å². The quantitative estimate of drug-likeness (QED) is 0.770. The lowest BCUT2D eigenvalue weighted by Gasteiger charge is -2.01. The molecule has 0 aliphatic rings. The molecule has 0 aliphatic carbocycles. The third kappa shape index (κ3) is 3.83. The summed E-state index contributed by atoms with van der Waals surface area (Å²) in [5, 5.41) is 9.99. The van der Waals surface area contributed by atoms with Gasteiger partial charge in [-0.1, -0.05) is 30.3 Å². The SMILES string of the molecule is Cc1cc(C)nc(Cc2nc(-c3ccccc3)c(CC(=O)O)s2)n1. The van der Waals surface area contributed by atoms with Crippen molar-refractivity contribution >= 4 is 17.3 Å². The molecule has 0 spiro atoms. The molecular formula is C18H17N3O2S. The van der Waals surface area contributed by atoms with Gasteiger partial charge in [-0.2, -0.15) is 0 Å². The summed E-state index contributed by atoms with van der Waals surface area (Å²) in [6, 6.07) is 11.6. The fourth-order valence-corrected chi connectivity index (χ4v) is 3.65. The Morgan fingerprint density at radius 2 is 1.75 bits per heavy atom. The zero-order valence-corrected chi connectivity index (χ0v) is 14.3. The Labute approximate surface area is 144 Å². The first kappa shape index (κ1) is 16.3. The Balaban J connectivity index is 1.97. The van der Waals surface area contributed by atoms with Crippen LogP contribution in [0.1, 0.15) is 27.1 Å². The molecule has 0 fully saturated rings. The number of aromatic nitrogens is 3. The number of carbonyl (C=O) groups is 1. The predicted molar refractivity (Wildman–Crippen MR) is 93.2 cm³/mol. The Morgan fingerprint density at radius 1 is 1.08 bits per heavy atom. The van der Waals surface area contributed by atoms with Crippen LogP contribution in [0.3, 0.4) is 0 Å². The predicted octanol–water partition coefficient (Wildman–Crippen LogP) is 3.43. The first-order chi connectivity index (χ1) is 11.5. The molecule has 5 nitrogen and oxygen atoms in total. The van der Waals surface area contributed by atoms with Gasteiger partial charge in [-0.3, -0.25) is 4.79 Å². The zero-order valence-electron chi connectivity index (χ0n) is 13.5. The first-order valence-corrected chi connectivity index (χ1v) is 8.40. The van der Waals surface area contributed by atoms with Crippen molar-refractivity contribution in [3.63, 3.8) is 0 Å². The van der Waals surface area contributed by atoms with Crippen LogP contribution in [0.25, 0.3) is 11.3 Å². The van der Waals surface area contributed by atoms with Gasteiger partial charge in [0.25, 0.3) is 0 Å². The van der Waals surface area contributed by atoms with Crippen LogP contribution in [-0.4, -0.2) is 26.0 Å². The summed E-state index contributed by atoms with van der Waals surface area (Å²) >= 11 is 1.42. The maximum Gasteiger partial charge on any atom is 0.308 e. The van der Waals surface area contributed by atoms with Gasteiger partial charge in [-0.25, -0.2) is 15.0 Å². The Morgan fingerprint density at radius 3 is 2.38 bits per heavy atom. The Bertz CT molecular complexity index is 855.